The molecule has 0 atom stereocenters. The van der Waals surface area contributed by atoms with Gasteiger partial charge in [-0.05, 0) is 72.5 Å². The summed E-state index contributed by atoms with van der Waals surface area (Å²) in [5.41, 5.74) is 6.51. The maximum Gasteiger partial charge on any atom is 0.234 e. The summed E-state index contributed by atoms with van der Waals surface area (Å²) >= 11 is 7.36. The largest absolute Gasteiger partial charge is 0.497 e. The van der Waals surface area contributed by atoms with Crippen LogP contribution in [0.5, 0.6) is 5.75 Å². The molecule has 1 N–H and O–H groups in total. The number of nitriles is 1. The van der Waals surface area contributed by atoms with E-state index in [9.17, 15) is 10.1 Å². The molecule has 1 aromatic heterocycles. The first-order chi connectivity index (χ1) is 17.9. The first-order valence-corrected chi connectivity index (χ1v) is 13.2. The molecule has 0 aliphatic rings. The molecule has 0 unspecified atom stereocenters. The van der Waals surface area contributed by atoms with E-state index in [-0.39, 0.29) is 11.7 Å². The third-order valence-electron chi connectivity index (χ3n) is 5.98. The molecule has 0 aliphatic carbocycles. The van der Waals surface area contributed by atoms with E-state index < -0.39 is 0 Å². The molecule has 7 heteroatoms. The van der Waals surface area contributed by atoms with E-state index >= 15 is 0 Å². The van der Waals surface area contributed by atoms with Gasteiger partial charge in [0.05, 0.1) is 24.1 Å². The minimum Gasteiger partial charge on any atom is -0.497 e. The van der Waals surface area contributed by atoms with Gasteiger partial charge in [0.2, 0.25) is 5.91 Å². The molecule has 3 aromatic carbocycles. The van der Waals surface area contributed by atoms with Crippen LogP contribution in [0.1, 0.15) is 23.6 Å². The van der Waals surface area contributed by atoms with Crippen LogP contribution in [0.25, 0.3) is 22.4 Å². The quantitative estimate of drug-likeness (QED) is 0.239. The van der Waals surface area contributed by atoms with Gasteiger partial charge in [0.15, 0.2) is 0 Å². The number of halogens is 1. The highest BCUT2D eigenvalue weighted by Gasteiger charge is 2.18. The molecule has 1 amide bonds. The molecule has 37 heavy (non-hydrogen) atoms. The van der Waals surface area contributed by atoms with Crippen LogP contribution < -0.4 is 10.1 Å². The van der Waals surface area contributed by atoms with Gasteiger partial charge in [0.1, 0.15) is 16.8 Å². The molecule has 0 fully saturated rings. The molecule has 4 aromatic rings. The topological polar surface area (TPSA) is 75.0 Å². The van der Waals surface area contributed by atoms with Crippen molar-refractivity contribution in [1.29, 1.82) is 5.26 Å². The van der Waals surface area contributed by atoms with Crippen molar-refractivity contribution in [2.24, 2.45) is 0 Å². The van der Waals surface area contributed by atoms with Crippen LogP contribution in [-0.4, -0.2) is 23.8 Å². The molecular weight excluding hydrogens is 502 g/mol. The molecule has 0 spiro atoms. The van der Waals surface area contributed by atoms with E-state index in [0.29, 0.717) is 21.3 Å². The molecule has 1 heterocycles. The predicted molar refractivity (Wildman–Crippen MR) is 151 cm³/mol. The summed E-state index contributed by atoms with van der Waals surface area (Å²) in [5, 5.41) is 14.3. The molecule has 0 bridgehead atoms. The number of nitrogens with zero attached hydrogens (tertiary/aromatic N) is 2. The van der Waals surface area contributed by atoms with Crippen LogP contribution in [0.2, 0.25) is 5.02 Å². The number of para-hydroxylation sites is 1. The number of hydrogen-bond donors (Lipinski definition) is 1. The first-order valence-electron chi connectivity index (χ1n) is 11.8. The van der Waals surface area contributed by atoms with Crippen LogP contribution in [0, 0.1) is 18.3 Å². The Hall–Kier alpha value is -3.79. The second-order valence-corrected chi connectivity index (χ2v) is 9.78. The summed E-state index contributed by atoms with van der Waals surface area (Å²) < 4.78 is 5.28. The minimum absolute atomic E-state index is 0.116. The SMILES string of the molecule is CCc1cccc(C)c1NC(=O)CSc1nc(-c2ccc(OC)cc2)cc(-c2ccc(Cl)cc2)c1C#N. The summed E-state index contributed by atoms with van der Waals surface area (Å²) in [4.78, 5) is 17.7. The Morgan fingerprint density at radius 3 is 2.43 bits per heavy atom. The average molecular weight is 528 g/mol. The number of aromatic nitrogens is 1. The van der Waals surface area contributed by atoms with Gasteiger partial charge < -0.3 is 10.1 Å². The van der Waals surface area contributed by atoms with Crippen molar-refractivity contribution in [2.45, 2.75) is 25.3 Å². The Labute approximate surface area is 226 Å². The summed E-state index contributed by atoms with van der Waals surface area (Å²) in [6, 6.07) is 25.1. The molecule has 0 saturated carbocycles. The number of pyridine rings is 1. The average Bonchev–Trinajstić information content (AvgIpc) is 2.93. The van der Waals surface area contributed by atoms with Crippen LogP contribution in [0.4, 0.5) is 5.69 Å². The number of carbonyl (C=O) groups excluding carboxylic acids is 1. The second-order valence-electron chi connectivity index (χ2n) is 8.38. The highest BCUT2D eigenvalue weighted by Crippen LogP contribution is 2.35. The normalized spacial score (nSPS) is 10.6. The minimum atomic E-state index is -0.150. The number of nitrogens with one attached hydrogen (secondary N) is 1. The van der Waals surface area contributed by atoms with Crippen molar-refractivity contribution in [1.82, 2.24) is 4.98 Å². The van der Waals surface area contributed by atoms with Gasteiger partial charge in [0, 0.05) is 21.8 Å². The first kappa shape index (κ1) is 26.3. The monoisotopic (exact) mass is 527 g/mol. The van der Waals surface area contributed by atoms with Crippen molar-refractivity contribution in [3.05, 3.63) is 94.5 Å². The Kier molecular flexibility index (Phi) is 8.50. The van der Waals surface area contributed by atoms with Gasteiger partial charge >= 0.3 is 0 Å². The third kappa shape index (κ3) is 6.14. The number of thioether (sulfide) groups is 1. The number of amides is 1. The van der Waals surface area contributed by atoms with Gasteiger partial charge in [-0.3, -0.25) is 4.79 Å². The zero-order chi connectivity index (χ0) is 26.4. The third-order valence-corrected chi connectivity index (χ3v) is 7.21. The van der Waals surface area contributed by atoms with E-state index in [4.69, 9.17) is 21.3 Å². The molecular formula is C30H26ClN3O2S. The molecule has 0 radical (unpaired) electrons. The van der Waals surface area contributed by atoms with Crippen LogP contribution in [0.15, 0.2) is 77.8 Å². The number of anilines is 1. The van der Waals surface area contributed by atoms with E-state index in [1.807, 2.05) is 67.6 Å². The van der Waals surface area contributed by atoms with Crippen molar-refractivity contribution in [3.63, 3.8) is 0 Å². The van der Waals surface area contributed by atoms with Gasteiger partial charge in [-0.2, -0.15) is 5.26 Å². The highest BCUT2D eigenvalue weighted by molar-refractivity contribution is 8.00. The lowest BCUT2D eigenvalue weighted by atomic mass is 9.99. The second kappa shape index (κ2) is 12.0. The fourth-order valence-corrected chi connectivity index (χ4v) is 4.94. The van der Waals surface area contributed by atoms with Crippen molar-refractivity contribution < 1.29 is 9.53 Å². The number of carbonyl (C=O) groups is 1. The highest BCUT2D eigenvalue weighted by atomic mass is 35.5. The fraction of sp³-hybridized carbons (Fsp3) is 0.167. The smallest absolute Gasteiger partial charge is 0.234 e. The molecule has 0 aliphatic heterocycles. The number of hydrogen-bond acceptors (Lipinski definition) is 5. The maximum atomic E-state index is 13.0. The van der Waals surface area contributed by atoms with Gasteiger partial charge in [-0.25, -0.2) is 4.98 Å². The lowest BCUT2D eigenvalue weighted by molar-refractivity contribution is -0.113. The summed E-state index contributed by atoms with van der Waals surface area (Å²) in [6.45, 7) is 4.04. The Morgan fingerprint density at radius 2 is 1.78 bits per heavy atom. The molecule has 4 rings (SSSR count). The van der Waals surface area contributed by atoms with E-state index in [1.54, 1.807) is 19.2 Å². The summed E-state index contributed by atoms with van der Waals surface area (Å²) in [6.07, 6.45) is 0.818. The van der Waals surface area contributed by atoms with Crippen molar-refractivity contribution in [2.75, 3.05) is 18.2 Å². The van der Waals surface area contributed by atoms with E-state index in [2.05, 4.69) is 18.3 Å². The molecule has 0 saturated heterocycles. The number of ether oxygens (including phenoxy) is 1. The number of aryl methyl sites for hydroxylation is 2. The van der Waals surface area contributed by atoms with E-state index in [1.165, 1.54) is 11.8 Å². The van der Waals surface area contributed by atoms with Crippen LogP contribution >= 0.6 is 23.4 Å². The van der Waals surface area contributed by atoms with Gasteiger partial charge in [-0.15, -0.1) is 0 Å². The summed E-state index contributed by atoms with van der Waals surface area (Å²) in [5.74, 6) is 0.706. The lowest BCUT2D eigenvalue weighted by Gasteiger charge is -2.14. The standard InChI is InChI=1S/C30H26ClN3O2S/c1-4-20-7-5-6-19(2)29(20)34-28(35)18-37-30-26(17-32)25(21-8-12-23(31)13-9-21)16-27(33-30)22-10-14-24(36-3)15-11-22/h5-16H,4,18H2,1-3H3,(H,34,35). The summed E-state index contributed by atoms with van der Waals surface area (Å²) in [7, 11) is 1.62. The van der Waals surface area contributed by atoms with Gasteiger partial charge in [0.25, 0.3) is 0 Å². The van der Waals surface area contributed by atoms with Gasteiger partial charge in [-0.1, -0.05) is 60.6 Å². The maximum absolute atomic E-state index is 13.0. The number of benzene rings is 3. The lowest BCUT2D eigenvalue weighted by Crippen LogP contribution is -2.16. The number of methoxy groups -OCH3 is 1. The van der Waals surface area contributed by atoms with E-state index in [0.717, 1.165) is 45.7 Å². The number of rotatable bonds is 8. The molecule has 5 nitrogen and oxygen atoms in total. The van der Waals surface area contributed by atoms with Crippen LogP contribution in [0.3, 0.4) is 0 Å². The molecule has 186 valence electrons. The van der Waals surface area contributed by atoms with Crippen molar-refractivity contribution in [3.8, 4) is 34.2 Å². The van der Waals surface area contributed by atoms with Crippen molar-refractivity contribution >= 4 is 35.0 Å². The fourth-order valence-electron chi connectivity index (χ4n) is 4.01. The predicted octanol–water partition coefficient (Wildman–Crippen LogP) is 7.55. The zero-order valence-electron chi connectivity index (χ0n) is 20.8. The Balaban J connectivity index is 1.70. The Bertz CT molecular complexity index is 1460. The zero-order valence-corrected chi connectivity index (χ0v) is 22.4. The van der Waals surface area contributed by atoms with Crippen LogP contribution in [-0.2, 0) is 11.2 Å². The Morgan fingerprint density at radius 1 is 1.08 bits per heavy atom.